The van der Waals surface area contributed by atoms with E-state index in [0.29, 0.717) is 0 Å². The zero-order chi connectivity index (χ0) is 12.5. The molecule has 0 fully saturated rings. The highest BCUT2D eigenvalue weighted by Crippen LogP contribution is 2.33. The normalized spacial score (nSPS) is 11.8. The van der Waals surface area contributed by atoms with Gasteiger partial charge >= 0.3 is 0 Å². The second kappa shape index (κ2) is 4.55. The first-order valence-electron chi connectivity index (χ1n) is 5.54. The van der Waals surface area contributed by atoms with Crippen LogP contribution in [0.25, 0.3) is 11.3 Å². The molecule has 3 nitrogen and oxygen atoms in total. The van der Waals surface area contributed by atoms with E-state index in [1.165, 1.54) is 0 Å². The summed E-state index contributed by atoms with van der Waals surface area (Å²) in [6.45, 7) is 6.15. The first kappa shape index (κ1) is 12.2. The lowest BCUT2D eigenvalue weighted by Crippen LogP contribution is -2.21. The van der Waals surface area contributed by atoms with E-state index in [4.69, 9.17) is 0 Å². The quantitative estimate of drug-likeness (QED) is 0.908. The minimum Gasteiger partial charge on any atom is -0.395 e. The van der Waals surface area contributed by atoms with Gasteiger partial charge in [0.25, 0.3) is 0 Å². The third kappa shape index (κ3) is 2.37. The van der Waals surface area contributed by atoms with Crippen molar-refractivity contribution in [2.45, 2.75) is 26.2 Å². The fourth-order valence-electron chi connectivity index (χ4n) is 1.52. The van der Waals surface area contributed by atoms with Gasteiger partial charge in [-0.3, -0.25) is 4.98 Å². The Hall–Kier alpha value is -1.26. The maximum atomic E-state index is 9.37. The van der Waals surface area contributed by atoms with Crippen molar-refractivity contribution >= 4 is 11.3 Å². The van der Waals surface area contributed by atoms with Crippen LogP contribution in [-0.4, -0.2) is 21.7 Å². The van der Waals surface area contributed by atoms with Gasteiger partial charge in [-0.25, -0.2) is 4.98 Å². The number of thiazole rings is 1. The van der Waals surface area contributed by atoms with Crippen molar-refractivity contribution in [2.75, 3.05) is 6.61 Å². The summed E-state index contributed by atoms with van der Waals surface area (Å²) >= 11 is 1.64. The molecule has 0 saturated carbocycles. The molecule has 0 aliphatic heterocycles. The number of aryl methyl sites for hydroxylation is 1. The van der Waals surface area contributed by atoms with Crippen molar-refractivity contribution in [1.29, 1.82) is 0 Å². The predicted octanol–water partition coefficient (Wildman–Crippen LogP) is 2.78. The minimum absolute atomic E-state index is 0.104. The van der Waals surface area contributed by atoms with Crippen molar-refractivity contribution in [3.8, 4) is 11.3 Å². The van der Waals surface area contributed by atoms with Crippen LogP contribution in [0, 0.1) is 6.92 Å². The maximum Gasteiger partial charge on any atom is 0.101 e. The number of pyridine rings is 1. The van der Waals surface area contributed by atoms with Crippen LogP contribution in [0.15, 0.2) is 24.5 Å². The highest BCUT2D eigenvalue weighted by Gasteiger charge is 2.25. The summed E-state index contributed by atoms with van der Waals surface area (Å²) in [5.41, 5.74) is 1.72. The lowest BCUT2D eigenvalue weighted by molar-refractivity contribution is 0.218. The molecular formula is C13H16N2OS. The Morgan fingerprint density at radius 2 is 2.18 bits per heavy atom. The van der Waals surface area contributed by atoms with Crippen molar-refractivity contribution in [1.82, 2.24) is 9.97 Å². The SMILES string of the molecule is Cc1sc(C(C)(C)CO)nc1-c1cccnc1. The fraction of sp³-hybridized carbons (Fsp3) is 0.385. The lowest BCUT2D eigenvalue weighted by Gasteiger charge is -2.17. The van der Waals surface area contributed by atoms with Gasteiger partial charge in [0.2, 0.25) is 0 Å². The van der Waals surface area contributed by atoms with Gasteiger partial charge in [-0.1, -0.05) is 13.8 Å². The molecule has 4 heteroatoms. The summed E-state index contributed by atoms with van der Waals surface area (Å²) in [6, 6.07) is 3.91. The van der Waals surface area contributed by atoms with Crippen LogP contribution in [0.3, 0.4) is 0 Å². The molecule has 0 bridgehead atoms. The molecule has 2 heterocycles. The van der Waals surface area contributed by atoms with Crippen LogP contribution in [0.2, 0.25) is 0 Å². The molecule has 17 heavy (non-hydrogen) atoms. The number of nitrogens with zero attached hydrogens (tertiary/aromatic N) is 2. The molecule has 0 unspecified atom stereocenters. The van der Waals surface area contributed by atoms with Gasteiger partial charge in [0.1, 0.15) is 5.01 Å². The molecule has 90 valence electrons. The van der Waals surface area contributed by atoms with Gasteiger partial charge in [-0.15, -0.1) is 11.3 Å². The van der Waals surface area contributed by atoms with Gasteiger partial charge < -0.3 is 5.11 Å². The van der Waals surface area contributed by atoms with Gasteiger partial charge in [0.15, 0.2) is 0 Å². The molecule has 2 aromatic heterocycles. The average Bonchev–Trinajstić information content (AvgIpc) is 2.73. The average molecular weight is 248 g/mol. The Labute approximate surface area is 105 Å². The number of aliphatic hydroxyl groups is 1. The van der Waals surface area contributed by atoms with Crippen LogP contribution < -0.4 is 0 Å². The number of hydrogen-bond acceptors (Lipinski definition) is 4. The van der Waals surface area contributed by atoms with Gasteiger partial charge in [-0.2, -0.15) is 0 Å². The van der Waals surface area contributed by atoms with E-state index in [-0.39, 0.29) is 12.0 Å². The van der Waals surface area contributed by atoms with Gasteiger partial charge in [0.05, 0.1) is 12.3 Å². The Morgan fingerprint density at radius 1 is 1.41 bits per heavy atom. The summed E-state index contributed by atoms with van der Waals surface area (Å²) < 4.78 is 0. The third-order valence-electron chi connectivity index (χ3n) is 2.71. The highest BCUT2D eigenvalue weighted by atomic mass is 32.1. The van der Waals surface area contributed by atoms with Crippen molar-refractivity contribution in [3.63, 3.8) is 0 Å². The summed E-state index contributed by atoms with van der Waals surface area (Å²) in [6.07, 6.45) is 3.57. The Balaban J connectivity index is 2.45. The number of hydrogen-bond donors (Lipinski definition) is 1. The minimum atomic E-state index is -0.282. The summed E-state index contributed by atoms with van der Waals surface area (Å²) in [4.78, 5) is 9.91. The van der Waals surface area contributed by atoms with Crippen LogP contribution >= 0.6 is 11.3 Å². The standard InChI is InChI=1S/C13H16N2OS/c1-9-11(10-5-4-6-14-7-10)15-12(17-9)13(2,3)8-16/h4-7,16H,8H2,1-3H3. The second-order valence-electron chi connectivity index (χ2n) is 4.71. The maximum absolute atomic E-state index is 9.37. The molecule has 2 aromatic rings. The van der Waals surface area contributed by atoms with E-state index in [9.17, 15) is 5.11 Å². The van der Waals surface area contributed by atoms with Crippen LogP contribution in [0.1, 0.15) is 23.7 Å². The highest BCUT2D eigenvalue weighted by molar-refractivity contribution is 7.12. The molecule has 1 N–H and O–H groups in total. The number of aliphatic hydroxyl groups excluding tert-OH is 1. The first-order chi connectivity index (χ1) is 8.04. The molecule has 0 atom stereocenters. The van der Waals surface area contributed by atoms with Crippen LogP contribution in [-0.2, 0) is 5.41 Å². The topological polar surface area (TPSA) is 46.0 Å². The van der Waals surface area contributed by atoms with Crippen molar-refractivity contribution in [3.05, 3.63) is 34.4 Å². The Kier molecular flexibility index (Phi) is 3.26. The molecular weight excluding hydrogens is 232 g/mol. The van der Waals surface area contributed by atoms with E-state index in [0.717, 1.165) is 21.1 Å². The fourth-order valence-corrected chi connectivity index (χ4v) is 2.55. The van der Waals surface area contributed by atoms with Gasteiger partial charge in [0, 0.05) is 28.2 Å². The smallest absolute Gasteiger partial charge is 0.101 e. The number of rotatable bonds is 3. The van der Waals surface area contributed by atoms with E-state index in [2.05, 4.69) is 16.9 Å². The summed E-state index contributed by atoms with van der Waals surface area (Å²) in [5.74, 6) is 0. The molecule has 0 aliphatic rings. The van der Waals surface area contributed by atoms with Crippen LogP contribution in [0.5, 0.6) is 0 Å². The zero-order valence-corrected chi connectivity index (χ0v) is 11.1. The Bertz CT molecular complexity index is 505. The van der Waals surface area contributed by atoms with E-state index in [1.807, 2.05) is 32.2 Å². The van der Waals surface area contributed by atoms with Gasteiger partial charge in [-0.05, 0) is 19.1 Å². The lowest BCUT2D eigenvalue weighted by atomic mass is 9.96. The monoisotopic (exact) mass is 248 g/mol. The Morgan fingerprint density at radius 3 is 2.76 bits per heavy atom. The van der Waals surface area contributed by atoms with Crippen molar-refractivity contribution < 1.29 is 5.11 Å². The number of aromatic nitrogens is 2. The first-order valence-corrected chi connectivity index (χ1v) is 6.35. The second-order valence-corrected chi connectivity index (χ2v) is 5.91. The zero-order valence-electron chi connectivity index (χ0n) is 10.3. The van der Waals surface area contributed by atoms with E-state index in [1.54, 1.807) is 17.5 Å². The largest absolute Gasteiger partial charge is 0.395 e. The van der Waals surface area contributed by atoms with E-state index >= 15 is 0 Å². The van der Waals surface area contributed by atoms with E-state index < -0.39 is 0 Å². The molecule has 0 radical (unpaired) electrons. The third-order valence-corrected chi connectivity index (χ3v) is 4.04. The summed E-state index contributed by atoms with van der Waals surface area (Å²) in [5, 5.41) is 10.3. The molecule has 0 spiro atoms. The molecule has 0 amide bonds. The molecule has 2 rings (SSSR count). The van der Waals surface area contributed by atoms with Crippen LogP contribution in [0.4, 0.5) is 0 Å². The van der Waals surface area contributed by atoms with Crippen molar-refractivity contribution in [2.24, 2.45) is 0 Å². The molecule has 0 aromatic carbocycles. The summed E-state index contributed by atoms with van der Waals surface area (Å²) in [7, 11) is 0. The predicted molar refractivity (Wildman–Crippen MR) is 70.2 cm³/mol. The molecule has 0 aliphatic carbocycles. The molecule has 0 saturated heterocycles.